The number of hydrogen-bond acceptors (Lipinski definition) is 3. The molecule has 3 heterocycles. The average molecular weight is 335 g/mol. The van der Waals surface area contributed by atoms with Gasteiger partial charge in [-0.05, 0) is 38.6 Å². The number of hydrogen-bond donors (Lipinski definition) is 2. The number of halogens is 2. The lowest BCUT2D eigenvalue weighted by atomic mass is 9.96. The van der Waals surface area contributed by atoms with Gasteiger partial charge in [-0.1, -0.05) is 0 Å². The summed E-state index contributed by atoms with van der Waals surface area (Å²) < 4.78 is 0. The molecule has 0 spiro atoms. The van der Waals surface area contributed by atoms with Crippen molar-refractivity contribution in [1.29, 1.82) is 0 Å². The number of piperidine rings is 1. The number of carbonyl (C=O) groups is 1. The molecule has 2 saturated heterocycles. The van der Waals surface area contributed by atoms with Crippen LogP contribution < -0.4 is 5.32 Å². The highest BCUT2D eigenvalue weighted by Crippen LogP contribution is 2.31. The summed E-state index contributed by atoms with van der Waals surface area (Å²) in [5.41, 5.74) is 1.15. The first-order valence-electron chi connectivity index (χ1n) is 7.36. The van der Waals surface area contributed by atoms with Gasteiger partial charge in [-0.3, -0.25) is 9.89 Å². The molecule has 2 aliphatic heterocycles. The standard InChI is InChI=1S/C14H22N4O.2ClH/c19-14(8-12-4-3-6-15-12)18-7-2-1-5-13(18)11-9-16-17-10-11;;/h9-10,12-13,15H,1-8H2,(H,16,17);2*1H. The highest BCUT2D eigenvalue weighted by Gasteiger charge is 2.30. The van der Waals surface area contributed by atoms with Crippen LogP contribution >= 0.6 is 24.8 Å². The number of nitrogens with one attached hydrogen (secondary N) is 2. The van der Waals surface area contributed by atoms with E-state index in [0.29, 0.717) is 18.4 Å². The third-order valence-corrected chi connectivity index (χ3v) is 4.31. The van der Waals surface area contributed by atoms with Crippen molar-refractivity contribution >= 4 is 30.7 Å². The molecule has 0 saturated carbocycles. The van der Waals surface area contributed by atoms with E-state index >= 15 is 0 Å². The van der Waals surface area contributed by atoms with Crippen LogP contribution in [-0.2, 0) is 4.79 Å². The van der Waals surface area contributed by atoms with Crippen LogP contribution in [0.5, 0.6) is 0 Å². The predicted octanol–water partition coefficient (Wildman–Crippen LogP) is 2.45. The third kappa shape index (κ3) is 4.34. The summed E-state index contributed by atoms with van der Waals surface area (Å²) in [6.45, 7) is 1.95. The maximum absolute atomic E-state index is 12.5. The number of likely N-dealkylation sites (tertiary alicyclic amines) is 1. The maximum atomic E-state index is 12.5. The lowest BCUT2D eigenvalue weighted by Gasteiger charge is -2.36. The molecule has 2 atom stereocenters. The Morgan fingerprint density at radius 3 is 2.81 bits per heavy atom. The molecule has 1 aromatic heterocycles. The van der Waals surface area contributed by atoms with Crippen LogP contribution in [0.1, 0.15) is 50.1 Å². The molecule has 7 heteroatoms. The molecular weight excluding hydrogens is 311 g/mol. The van der Waals surface area contributed by atoms with Gasteiger partial charge in [0, 0.05) is 30.8 Å². The fraction of sp³-hybridized carbons (Fsp3) is 0.714. The quantitative estimate of drug-likeness (QED) is 0.892. The van der Waals surface area contributed by atoms with Gasteiger partial charge in [0.25, 0.3) is 0 Å². The smallest absolute Gasteiger partial charge is 0.224 e. The van der Waals surface area contributed by atoms with Gasteiger partial charge in [0.05, 0.1) is 12.2 Å². The second-order valence-electron chi connectivity index (χ2n) is 5.63. The fourth-order valence-electron chi connectivity index (χ4n) is 3.28. The lowest BCUT2D eigenvalue weighted by molar-refractivity contribution is -0.135. The Balaban J connectivity index is 0.00000110. The van der Waals surface area contributed by atoms with Crippen molar-refractivity contribution in [3.05, 3.63) is 18.0 Å². The Labute approximate surface area is 138 Å². The molecule has 5 nitrogen and oxygen atoms in total. The van der Waals surface area contributed by atoms with E-state index in [1.807, 2.05) is 12.4 Å². The van der Waals surface area contributed by atoms with Gasteiger partial charge < -0.3 is 10.2 Å². The highest BCUT2D eigenvalue weighted by atomic mass is 35.5. The topological polar surface area (TPSA) is 61.0 Å². The Bertz CT molecular complexity index is 421. The number of amides is 1. The Morgan fingerprint density at radius 1 is 1.29 bits per heavy atom. The van der Waals surface area contributed by atoms with E-state index in [9.17, 15) is 4.79 Å². The zero-order chi connectivity index (χ0) is 13.1. The van der Waals surface area contributed by atoms with Gasteiger partial charge >= 0.3 is 0 Å². The van der Waals surface area contributed by atoms with E-state index in [0.717, 1.165) is 37.9 Å². The second kappa shape index (κ2) is 8.61. The van der Waals surface area contributed by atoms with E-state index in [1.165, 1.54) is 12.8 Å². The van der Waals surface area contributed by atoms with Crippen LogP contribution in [0.25, 0.3) is 0 Å². The molecule has 3 rings (SSSR count). The van der Waals surface area contributed by atoms with Gasteiger partial charge in [-0.2, -0.15) is 5.10 Å². The molecule has 120 valence electrons. The molecule has 2 unspecified atom stereocenters. The molecular formula is C14H24Cl2N4O. The van der Waals surface area contributed by atoms with Crippen molar-refractivity contribution in [3.8, 4) is 0 Å². The summed E-state index contributed by atoms with van der Waals surface area (Å²) in [7, 11) is 0. The summed E-state index contributed by atoms with van der Waals surface area (Å²) in [4.78, 5) is 14.6. The first kappa shape index (κ1) is 18.3. The number of H-pyrrole nitrogens is 1. The largest absolute Gasteiger partial charge is 0.335 e. The summed E-state index contributed by atoms with van der Waals surface area (Å²) in [6, 6.07) is 0.612. The van der Waals surface area contributed by atoms with E-state index < -0.39 is 0 Å². The molecule has 2 N–H and O–H groups in total. The van der Waals surface area contributed by atoms with E-state index in [-0.39, 0.29) is 30.9 Å². The van der Waals surface area contributed by atoms with Gasteiger partial charge in [0.2, 0.25) is 5.91 Å². The Hall–Kier alpha value is -0.780. The molecule has 0 bridgehead atoms. The first-order valence-corrected chi connectivity index (χ1v) is 7.36. The van der Waals surface area contributed by atoms with Crippen LogP contribution in [0.15, 0.2) is 12.4 Å². The summed E-state index contributed by atoms with van der Waals surface area (Å²) in [5.74, 6) is 0.297. The molecule has 1 aromatic rings. The summed E-state index contributed by atoms with van der Waals surface area (Å²) in [5, 5.41) is 10.3. The number of rotatable bonds is 3. The Kier molecular flexibility index (Phi) is 7.49. The fourth-order valence-corrected chi connectivity index (χ4v) is 3.28. The van der Waals surface area contributed by atoms with Gasteiger partial charge in [0.15, 0.2) is 0 Å². The highest BCUT2D eigenvalue weighted by molar-refractivity contribution is 5.85. The van der Waals surface area contributed by atoms with E-state index in [1.54, 1.807) is 0 Å². The van der Waals surface area contributed by atoms with Crippen molar-refractivity contribution in [3.63, 3.8) is 0 Å². The van der Waals surface area contributed by atoms with Gasteiger partial charge in [-0.15, -0.1) is 24.8 Å². The third-order valence-electron chi connectivity index (χ3n) is 4.31. The minimum absolute atomic E-state index is 0. The zero-order valence-corrected chi connectivity index (χ0v) is 13.7. The minimum Gasteiger partial charge on any atom is -0.335 e. The van der Waals surface area contributed by atoms with Crippen molar-refractivity contribution in [2.75, 3.05) is 13.1 Å². The number of aromatic nitrogens is 2. The molecule has 0 radical (unpaired) electrons. The van der Waals surface area contributed by atoms with Crippen molar-refractivity contribution < 1.29 is 4.79 Å². The molecule has 1 amide bonds. The molecule has 0 aliphatic carbocycles. The van der Waals surface area contributed by atoms with Crippen LogP contribution in [0.4, 0.5) is 0 Å². The number of nitrogens with zero attached hydrogens (tertiary/aromatic N) is 2. The minimum atomic E-state index is 0. The molecule has 2 aliphatic rings. The molecule has 0 aromatic carbocycles. The van der Waals surface area contributed by atoms with E-state index in [4.69, 9.17) is 0 Å². The van der Waals surface area contributed by atoms with E-state index in [2.05, 4.69) is 20.4 Å². The zero-order valence-electron chi connectivity index (χ0n) is 12.1. The SMILES string of the molecule is Cl.Cl.O=C(CC1CCCN1)N1CCCCC1c1cn[nH]c1. The average Bonchev–Trinajstić information content (AvgIpc) is 3.11. The van der Waals surface area contributed by atoms with Crippen LogP contribution in [0.2, 0.25) is 0 Å². The first-order chi connectivity index (χ1) is 9.34. The number of carbonyl (C=O) groups excluding carboxylic acids is 1. The van der Waals surface area contributed by atoms with Crippen molar-refractivity contribution in [2.45, 2.75) is 50.6 Å². The van der Waals surface area contributed by atoms with Gasteiger partial charge in [0.1, 0.15) is 0 Å². The number of aromatic amines is 1. The second-order valence-corrected chi connectivity index (χ2v) is 5.63. The lowest BCUT2D eigenvalue weighted by Crippen LogP contribution is -2.41. The van der Waals surface area contributed by atoms with Gasteiger partial charge in [-0.25, -0.2) is 0 Å². The molecule has 2 fully saturated rings. The summed E-state index contributed by atoms with van der Waals surface area (Å²) in [6.07, 6.45) is 10.1. The van der Waals surface area contributed by atoms with Crippen LogP contribution in [-0.4, -0.2) is 40.1 Å². The van der Waals surface area contributed by atoms with Crippen molar-refractivity contribution in [2.24, 2.45) is 0 Å². The van der Waals surface area contributed by atoms with Crippen molar-refractivity contribution in [1.82, 2.24) is 20.4 Å². The maximum Gasteiger partial charge on any atom is 0.224 e. The predicted molar refractivity (Wildman–Crippen MR) is 87.0 cm³/mol. The van der Waals surface area contributed by atoms with Crippen LogP contribution in [0, 0.1) is 0 Å². The normalized spacial score (nSPS) is 25.0. The monoisotopic (exact) mass is 334 g/mol. The summed E-state index contributed by atoms with van der Waals surface area (Å²) >= 11 is 0. The Morgan fingerprint density at radius 2 is 2.14 bits per heavy atom. The molecule has 21 heavy (non-hydrogen) atoms. The van der Waals surface area contributed by atoms with Crippen LogP contribution in [0.3, 0.4) is 0 Å².